The fraction of sp³-hybridized carbons (Fsp3) is 0.571. The number of amides is 1. The van der Waals surface area contributed by atoms with Crippen LogP contribution >= 0.6 is 0 Å². The zero-order chi connectivity index (χ0) is 19.3. The van der Waals surface area contributed by atoms with Gasteiger partial charge in [0.15, 0.2) is 0 Å². The molecule has 6 heteroatoms. The number of nitrogens with zero attached hydrogens (tertiary/aromatic N) is 2. The molecule has 1 amide bonds. The van der Waals surface area contributed by atoms with E-state index in [0.717, 1.165) is 47.2 Å². The summed E-state index contributed by atoms with van der Waals surface area (Å²) in [5, 5.41) is 11.1. The number of aromatic nitrogens is 1. The second kappa shape index (κ2) is 6.53. The maximum atomic E-state index is 13.6. The number of ether oxygens (including phenoxy) is 2. The highest BCUT2D eigenvalue weighted by atomic mass is 16.5. The van der Waals surface area contributed by atoms with Crippen molar-refractivity contribution in [1.29, 1.82) is 0 Å². The van der Waals surface area contributed by atoms with E-state index in [1.807, 2.05) is 37.1 Å². The van der Waals surface area contributed by atoms with E-state index in [-0.39, 0.29) is 23.7 Å². The molecular formula is C21H28N2O4. The van der Waals surface area contributed by atoms with E-state index in [4.69, 9.17) is 9.47 Å². The van der Waals surface area contributed by atoms with E-state index in [2.05, 4.69) is 4.57 Å². The molecule has 3 atom stereocenters. The fourth-order valence-corrected chi connectivity index (χ4v) is 5.01. The number of carbonyl (C=O) groups is 1. The SMILES string of the molecule is COc1ccc2c(c1)c(C(=O)N1CC[C@]3(OC)CC[C@@H](O)C[C@H]13)c(C)n2C. The van der Waals surface area contributed by atoms with Crippen LogP contribution in [0.2, 0.25) is 0 Å². The largest absolute Gasteiger partial charge is 0.497 e. The quantitative estimate of drug-likeness (QED) is 0.900. The van der Waals surface area contributed by atoms with Gasteiger partial charge in [-0.15, -0.1) is 0 Å². The Kier molecular flexibility index (Phi) is 4.43. The lowest BCUT2D eigenvalue weighted by atomic mass is 9.79. The summed E-state index contributed by atoms with van der Waals surface area (Å²) in [7, 11) is 5.34. The summed E-state index contributed by atoms with van der Waals surface area (Å²) in [5.41, 5.74) is 2.34. The summed E-state index contributed by atoms with van der Waals surface area (Å²) >= 11 is 0. The van der Waals surface area contributed by atoms with Gasteiger partial charge in [-0.25, -0.2) is 0 Å². The molecule has 1 aliphatic carbocycles. The van der Waals surface area contributed by atoms with Crippen molar-refractivity contribution in [3.63, 3.8) is 0 Å². The summed E-state index contributed by atoms with van der Waals surface area (Å²) in [5.74, 6) is 0.757. The molecule has 1 aromatic carbocycles. The van der Waals surface area contributed by atoms with Crippen molar-refractivity contribution in [2.24, 2.45) is 7.05 Å². The van der Waals surface area contributed by atoms with Gasteiger partial charge < -0.3 is 24.0 Å². The van der Waals surface area contributed by atoms with Crippen LogP contribution in [0.25, 0.3) is 10.9 Å². The average molecular weight is 372 g/mol. The third kappa shape index (κ3) is 2.65. The van der Waals surface area contributed by atoms with Gasteiger partial charge in [-0.2, -0.15) is 0 Å². The zero-order valence-corrected chi connectivity index (χ0v) is 16.5. The molecule has 0 bridgehead atoms. The van der Waals surface area contributed by atoms with E-state index >= 15 is 0 Å². The molecule has 2 heterocycles. The Morgan fingerprint density at radius 2 is 2.07 bits per heavy atom. The number of aliphatic hydroxyl groups is 1. The maximum Gasteiger partial charge on any atom is 0.256 e. The van der Waals surface area contributed by atoms with Crippen LogP contribution in [0, 0.1) is 6.92 Å². The number of rotatable bonds is 3. The van der Waals surface area contributed by atoms with Crippen LogP contribution in [-0.2, 0) is 11.8 Å². The molecule has 1 saturated carbocycles. The Hall–Kier alpha value is -2.05. The minimum Gasteiger partial charge on any atom is -0.497 e. The van der Waals surface area contributed by atoms with Crippen molar-refractivity contribution >= 4 is 16.8 Å². The molecule has 6 nitrogen and oxygen atoms in total. The highest BCUT2D eigenvalue weighted by Crippen LogP contribution is 2.43. The van der Waals surface area contributed by atoms with E-state index in [9.17, 15) is 9.90 Å². The van der Waals surface area contributed by atoms with Gasteiger partial charge in [0, 0.05) is 37.3 Å². The van der Waals surface area contributed by atoms with E-state index in [0.29, 0.717) is 13.0 Å². The van der Waals surface area contributed by atoms with E-state index < -0.39 is 0 Å². The topological polar surface area (TPSA) is 63.9 Å². The van der Waals surface area contributed by atoms with Gasteiger partial charge in [0.25, 0.3) is 5.91 Å². The summed E-state index contributed by atoms with van der Waals surface area (Å²) in [6, 6.07) is 5.76. The number of methoxy groups -OCH3 is 2. The molecule has 0 unspecified atom stereocenters. The Morgan fingerprint density at radius 3 is 2.78 bits per heavy atom. The van der Waals surface area contributed by atoms with Crippen molar-refractivity contribution in [3.8, 4) is 5.75 Å². The number of benzene rings is 1. The predicted octanol–water partition coefficient (Wildman–Crippen LogP) is 2.64. The number of fused-ring (bicyclic) bond motifs is 2. The lowest BCUT2D eigenvalue weighted by Crippen LogP contribution is -2.52. The van der Waals surface area contributed by atoms with E-state index in [1.165, 1.54) is 0 Å². The monoisotopic (exact) mass is 372 g/mol. The second-order valence-corrected chi connectivity index (χ2v) is 7.86. The van der Waals surface area contributed by atoms with Crippen LogP contribution in [0.1, 0.15) is 41.7 Å². The molecule has 27 heavy (non-hydrogen) atoms. The van der Waals surface area contributed by atoms with Crippen molar-refractivity contribution in [3.05, 3.63) is 29.5 Å². The maximum absolute atomic E-state index is 13.6. The molecule has 0 spiro atoms. The molecule has 2 fully saturated rings. The van der Waals surface area contributed by atoms with Crippen molar-refractivity contribution in [2.45, 2.75) is 50.4 Å². The standard InChI is InChI=1S/C21H28N2O4/c1-13-19(16-12-15(26-3)5-6-17(16)22(13)2)20(25)23-10-9-21(27-4)8-7-14(24)11-18(21)23/h5-6,12,14,18,24H,7-11H2,1-4H3/t14-,18+,21-/m1/s1. The molecule has 146 valence electrons. The van der Waals surface area contributed by atoms with E-state index in [1.54, 1.807) is 14.2 Å². The van der Waals surface area contributed by atoms with Gasteiger partial charge in [-0.1, -0.05) is 0 Å². The van der Waals surface area contributed by atoms with Crippen LogP contribution in [0.5, 0.6) is 5.75 Å². The first-order chi connectivity index (χ1) is 12.9. The first-order valence-corrected chi connectivity index (χ1v) is 9.59. The zero-order valence-electron chi connectivity index (χ0n) is 16.5. The molecule has 4 rings (SSSR count). The normalized spacial score (nSPS) is 27.8. The van der Waals surface area contributed by atoms with Crippen molar-refractivity contribution in [2.75, 3.05) is 20.8 Å². The molecule has 1 aromatic heterocycles. The van der Waals surface area contributed by atoms with Crippen LogP contribution in [0.15, 0.2) is 18.2 Å². The van der Waals surface area contributed by atoms with Crippen molar-refractivity contribution in [1.82, 2.24) is 9.47 Å². The highest BCUT2D eigenvalue weighted by Gasteiger charge is 2.52. The second-order valence-electron chi connectivity index (χ2n) is 7.86. The summed E-state index contributed by atoms with van der Waals surface area (Å²) in [4.78, 5) is 15.6. The molecule has 2 aliphatic rings. The smallest absolute Gasteiger partial charge is 0.256 e. The summed E-state index contributed by atoms with van der Waals surface area (Å²) in [6.45, 7) is 2.64. The van der Waals surface area contributed by atoms with Crippen LogP contribution in [0.4, 0.5) is 0 Å². The van der Waals surface area contributed by atoms with Gasteiger partial charge in [0.1, 0.15) is 5.75 Å². The number of hydrogen-bond acceptors (Lipinski definition) is 4. The molecule has 1 saturated heterocycles. The first-order valence-electron chi connectivity index (χ1n) is 9.59. The Bertz CT molecular complexity index is 890. The first kappa shape index (κ1) is 18.3. The summed E-state index contributed by atoms with van der Waals surface area (Å²) < 4.78 is 13.3. The molecule has 1 N–H and O–H groups in total. The number of carbonyl (C=O) groups excluding carboxylic acids is 1. The van der Waals surface area contributed by atoms with Gasteiger partial charge in [-0.05, 0) is 50.8 Å². The van der Waals surface area contributed by atoms with Crippen LogP contribution in [-0.4, -0.2) is 59.0 Å². The number of likely N-dealkylation sites (tertiary alicyclic amines) is 1. The van der Waals surface area contributed by atoms with Gasteiger partial charge in [-0.3, -0.25) is 4.79 Å². The minimum absolute atomic E-state index is 0.0179. The molecule has 0 radical (unpaired) electrons. The Labute approximate surface area is 159 Å². The lowest BCUT2D eigenvalue weighted by Gasteiger charge is -2.42. The fourth-order valence-electron chi connectivity index (χ4n) is 5.01. The highest BCUT2D eigenvalue weighted by molar-refractivity contribution is 6.09. The third-order valence-electron chi connectivity index (χ3n) is 6.74. The average Bonchev–Trinajstić information content (AvgIpc) is 3.17. The molecule has 1 aliphatic heterocycles. The Balaban J connectivity index is 1.78. The molecule has 2 aromatic rings. The third-order valence-corrected chi connectivity index (χ3v) is 6.74. The van der Waals surface area contributed by atoms with Crippen LogP contribution < -0.4 is 4.74 Å². The lowest BCUT2D eigenvalue weighted by molar-refractivity contribution is -0.0824. The Morgan fingerprint density at radius 1 is 1.30 bits per heavy atom. The van der Waals surface area contributed by atoms with Gasteiger partial charge >= 0.3 is 0 Å². The molecular weight excluding hydrogens is 344 g/mol. The predicted molar refractivity (Wildman–Crippen MR) is 103 cm³/mol. The number of hydrogen-bond donors (Lipinski definition) is 1. The van der Waals surface area contributed by atoms with Crippen molar-refractivity contribution < 1.29 is 19.4 Å². The summed E-state index contributed by atoms with van der Waals surface area (Å²) in [6.07, 6.45) is 2.55. The van der Waals surface area contributed by atoms with Gasteiger partial charge in [0.05, 0.1) is 30.4 Å². The van der Waals surface area contributed by atoms with Crippen LogP contribution in [0.3, 0.4) is 0 Å². The minimum atomic E-state index is -0.375. The number of aryl methyl sites for hydroxylation is 1. The van der Waals surface area contributed by atoms with Gasteiger partial charge in [0.2, 0.25) is 0 Å². The number of aliphatic hydroxyl groups excluding tert-OH is 1.